The third-order valence-electron chi connectivity index (χ3n) is 5.99. The number of hydrogen-bond donors (Lipinski definition) is 3. The molecule has 0 unspecified atom stereocenters. The third-order valence-corrected chi connectivity index (χ3v) is 5.99. The highest BCUT2D eigenvalue weighted by Crippen LogP contribution is 2.44. The number of aromatic carboxylic acids is 1. The number of carboxylic acid groups (broad SMARTS) is 1. The zero-order valence-electron chi connectivity index (χ0n) is 19.4. The summed E-state index contributed by atoms with van der Waals surface area (Å²) in [5, 5.41) is 14.3. The molecule has 0 radical (unpaired) electrons. The first-order chi connectivity index (χ1) is 16.8. The van der Waals surface area contributed by atoms with Gasteiger partial charge in [0.2, 0.25) is 5.91 Å². The molecule has 1 aromatic heterocycles. The number of rotatable bonds is 8. The van der Waals surface area contributed by atoms with Crippen molar-refractivity contribution in [2.24, 2.45) is 5.41 Å². The molecule has 0 atom stereocenters. The van der Waals surface area contributed by atoms with E-state index in [1.807, 2.05) is 36.4 Å². The Morgan fingerprint density at radius 1 is 0.943 bits per heavy atom. The molecular weight excluding hydrogens is 448 g/mol. The van der Waals surface area contributed by atoms with Crippen molar-refractivity contribution >= 4 is 18.0 Å². The summed E-state index contributed by atoms with van der Waals surface area (Å²) < 4.78 is 5.52. The van der Waals surface area contributed by atoms with Gasteiger partial charge in [-0.25, -0.2) is 19.6 Å². The molecule has 1 aliphatic rings. The number of fused-ring (bicyclic) bond motifs is 3. The smallest absolute Gasteiger partial charge is 0.407 e. The lowest BCUT2D eigenvalue weighted by molar-refractivity contribution is -0.129. The number of amides is 2. The quantitative estimate of drug-likeness (QED) is 0.456. The summed E-state index contributed by atoms with van der Waals surface area (Å²) in [7, 11) is 0. The number of benzene rings is 2. The van der Waals surface area contributed by atoms with Crippen LogP contribution in [-0.2, 0) is 16.1 Å². The van der Waals surface area contributed by atoms with Gasteiger partial charge in [0.1, 0.15) is 12.4 Å². The van der Waals surface area contributed by atoms with E-state index in [0.29, 0.717) is 0 Å². The summed E-state index contributed by atoms with van der Waals surface area (Å²) >= 11 is 0. The first-order valence-electron chi connectivity index (χ1n) is 11.2. The Labute approximate surface area is 202 Å². The van der Waals surface area contributed by atoms with Gasteiger partial charge in [-0.15, -0.1) is 0 Å². The van der Waals surface area contributed by atoms with Crippen LogP contribution in [0.25, 0.3) is 11.1 Å². The first-order valence-corrected chi connectivity index (χ1v) is 11.2. The van der Waals surface area contributed by atoms with Crippen molar-refractivity contribution < 1.29 is 24.2 Å². The van der Waals surface area contributed by atoms with Crippen molar-refractivity contribution in [1.82, 2.24) is 20.6 Å². The standard InChI is InChI=1S/C26H26N4O5/c1-26(2,24(33)29-13-22-27-11-16(12-28-22)23(31)32)15-30-25(34)35-14-21-19-9-5-3-7-17(19)18-8-4-6-10-20(18)21/h3-12,21H,13-15H2,1-2H3,(H,29,33)(H,30,34)(H,31,32). The molecule has 4 rings (SSSR count). The SMILES string of the molecule is CC(C)(CNC(=O)OCC1c2ccccc2-c2ccccc21)C(=O)NCc1ncc(C(=O)O)cn1. The Balaban J connectivity index is 1.28. The fourth-order valence-electron chi connectivity index (χ4n) is 3.98. The van der Waals surface area contributed by atoms with Gasteiger partial charge in [-0.05, 0) is 36.1 Å². The van der Waals surface area contributed by atoms with Crippen molar-refractivity contribution in [3.8, 4) is 11.1 Å². The van der Waals surface area contributed by atoms with Crippen LogP contribution in [0.15, 0.2) is 60.9 Å². The van der Waals surface area contributed by atoms with Crippen LogP contribution in [0.2, 0.25) is 0 Å². The maximum absolute atomic E-state index is 12.6. The fourth-order valence-corrected chi connectivity index (χ4v) is 3.98. The van der Waals surface area contributed by atoms with E-state index in [1.54, 1.807) is 13.8 Å². The highest BCUT2D eigenvalue weighted by Gasteiger charge is 2.31. The molecule has 1 heterocycles. The summed E-state index contributed by atoms with van der Waals surface area (Å²) in [6.45, 7) is 3.68. The Bertz CT molecular complexity index is 1210. The minimum Gasteiger partial charge on any atom is -0.478 e. The lowest BCUT2D eigenvalue weighted by Gasteiger charge is -2.24. The maximum atomic E-state index is 12.6. The number of carbonyl (C=O) groups is 3. The van der Waals surface area contributed by atoms with E-state index in [0.717, 1.165) is 22.3 Å². The highest BCUT2D eigenvalue weighted by atomic mass is 16.5. The predicted octanol–water partition coefficient (Wildman–Crippen LogP) is 3.36. The van der Waals surface area contributed by atoms with Crippen molar-refractivity contribution in [3.05, 3.63) is 83.4 Å². The monoisotopic (exact) mass is 474 g/mol. The number of alkyl carbamates (subject to hydrolysis) is 1. The molecule has 0 saturated heterocycles. The van der Waals surface area contributed by atoms with E-state index in [9.17, 15) is 14.4 Å². The van der Waals surface area contributed by atoms with Crippen LogP contribution in [0.3, 0.4) is 0 Å². The first kappa shape index (κ1) is 23.9. The van der Waals surface area contributed by atoms with Crippen molar-refractivity contribution in [1.29, 1.82) is 0 Å². The van der Waals surface area contributed by atoms with Crippen molar-refractivity contribution in [2.45, 2.75) is 26.3 Å². The fraction of sp³-hybridized carbons (Fsp3) is 0.269. The van der Waals surface area contributed by atoms with Crippen molar-refractivity contribution in [2.75, 3.05) is 13.2 Å². The molecule has 9 nitrogen and oxygen atoms in total. The third kappa shape index (κ3) is 5.29. The summed E-state index contributed by atoms with van der Waals surface area (Å²) in [4.78, 5) is 43.8. The van der Waals surface area contributed by atoms with Crippen LogP contribution < -0.4 is 10.6 Å². The molecule has 0 saturated carbocycles. The van der Waals surface area contributed by atoms with Gasteiger partial charge in [0.25, 0.3) is 0 Å². The Hall–Kier alpha value is -4.27. The number of ether oxygens (including phenoxy) is 1. The topological polar surface area (TPSA) is 131 Å². The molecule has 0 bridgehead atoms. The number of hydrogen-bond acceptors (Lipinski definition) is 6. The van der Waals surface area contributed by atoms with Crippen LogP contribution >= 0.6 is 0 Å². The normalized spacial score (nSPS) is 12.4. The zero-order chi connectivity index (χ0) is 25.0. The maximum Gasteiger partial charge on any atom is 0.407 e. The number of nitrogens with one attached hydrogen (secondary N) is 2. The van der Waals surface area contributed by atoms with Gasteiger partial charge < -0.3 is 20.5 Å². The molecule has 3 N–H and O–H groups in total. The second-order valence-corrected chi connectivity index (χ2v) is 8.94. The molecule has 0 fully saturated rings. The van der Waals surface area contributed by atoms with Crippen LogP contribution in [0.1, 0.15) is 47.1 Å². The summed E-state index contributed by atoms with van der Waals surface area (Å²) in [5.41, 5.74) is 3.59. The lowest BCUT2D eigenvalue weighted by Crippen LogP contribution is -2.45. The number of carboxylic acids is 1. The van der Waals surface area contributed by atoms with Gasteiger partial charge in [-0.1, -0.05) is 48.5 Å². The molecular formula is C26H26N4O5. The second-order valence-electron chi connectivity index (χ2n) is 8.94. The van der Waals surface area contributed by atoms with Gasteiger partial charge in [0, 0.05) is 24.9 Å². The molecule has 180 valence electrons. The molecule has 1 aliphatic carbocycles. The van der Waals surface area contributed by atoms with Gasteiger partial charge in [-0.3, -0.25) is 4.79 Å². The Morgan fingerprint density at radius 3 is 2.09 bits per heavy atom. The van der Waals surface area contributed by atoms with Gasteiger partial charge in [-0.2, -0.15) is 0 Å². The predicted molar refractivity (Wildman–Crippen MR) is 128 cm³/mol. The average Bonchev–Trinajstić information content (AvgIpc) is 3.18. The second kappa shape index (κ2) is 9.92. The molecule has 2 amide bonds. The van der Waals surface area contributed by atoms with Crippen molar-refractivity contribution in [3.63, 3.8) is 0 Å². The van der Waals surface area contributed by atoms with Gasteiger partial charge in [0.15, 0.2) is 0 Å². The van der Waals surface area contributed by atoms with E-state index in [4.69, 9.17) is 9.84 Å². The summed E-state index contributed by atoms with van der Waals surface area (Å²) in [6, 6.07) is 16.2. The average molecular weight is 475 g/mol. The largest absolute Gasteiger partial charge is 0.478 e. The van der Waals surface area contributed by atoms with Gasteiger partial charge >= 0.3 is 12.1 Å². The number of aromatic nitrogens is 2. The van der Waals surface area contributed by atoms with Gasteiger partial charge in [0.05, 0.1) is 17.5 Å². The molecule has 9 heteroatoms. The van der Waals surface area contributed by atoms with E-state index in [1.165, 1.54) is 12.4 Å². The zero-order valence-corrected chi connectivity index (χ0v) is 19.4. The van der Waals surface area contributed by atoms with Crippen LogP contribution in [-0.4, -0.2) is 46.2 Å². The van der Waals surface area contributed by atoms with Crippen LogP contribution in [0.5, 0.6) is 0 Å². The molecule has 0 spiro atoms. The van der Waals surface area contributed by atoms with Crippen LogP contribution in [0.4, 0.5) is 4.79 Å². The Morgan fingerprint density at radius 2 is 1.51 bits per heavy atom. The Kier molecular flexibility index (Phi) is 6.77. The van der Waals surface area contributed by atoms with Crippen LogP contribution in [0, 0.1) is 5.41 Å². The van der Waals surface area contributed by atoms with E-state index < -0.39 is 17.5 Å². The number of carbonyl (C=O) groups excluding carboxylic acids is 2. The summed E-state index contributed by atoms with van der Waals surface area (Å²) in [5.74, 6) is -1.20. The van der Waals surface area contributed by atoms with E-state index in [-0.39, 0.29) is 42.9 Å². The minimum atomic E-state index is -1.12. The molecule has 2 aromatic carbocycles. The minimum absolute atomic E-state index is 0.0345. The van der Waals surface area contributed by atoms with E-state index >= 15 is 0 Å². The lowest BCUT2D eigenvalue weighted by atomic mass is 9.92. The molecule has 0 aliphatic heterocycles. The summed E-state index contributed by atoms with van der Waals surface area (Å²) in [6.07, 6.45) is 1.77. The molecule has 3 aromatic rings. The highest BCUT2D eigenvalue weighted by molar-refractivity contribution is 5.86. The van der Waals surface area contributed by atoms with E-state index in [2.05, 4.69) is 32.7 Å². The number of nitrogens with zero attached hydrogens (tertiary/aromatic N) is 2. The molecule has 35 heavy (non-hydrogen) atoms.